The van der Waals surface area contributed by atoms with Gasteiger partial charge in [0, 0.05) is 6.61 Å². The van der Waals surface area contributed by atoms with E-state index in [0.717, 1.165) is 12.8 Å². The minimum Gasteiger partial charge on any atom is -0.480 e. The Morgan fingerprint density at radius 1 is 1.30 bits per heavy atom. The van der Waals surface area contributed by atoms with E-state index in [4.69, 9.17) is 4.74 Å². The molecule has 0 bridgehead atoms. The van der Waals surface area contributed by atoms with Crippen molar-refractivity contribution in [3.05, 3.63) is 0 Å². The highest BCUT2D eigenvalue weighted by molar-refractivity contribution is 5.86. The molecule has 1 fully saturated rings. The summed E-state index contributed by atoms with van der Waals surface area (Å²) in [5.41, 5.74) is -1.10. The normalized spacial score (nSPS) is 18.8. The van der Waals surface area contributed by atoms with Crippen LogP contribution in [0.2, 0.25) is 0 Å². The fourth-order valence-corrected chi connectivity index (χ4v) is 2.44. The zero-order chi connectivity index (χ0) is 15.2. The van der Waals surface area contributed by atoms with Crippen molar-refractivity contribution >= 4 is 12.0 Å². The third kappa shape index (κ3) is 4.37. The molecule has 2 amide bonds. The van der Waals surface area contributed by atoms with Crippen LogP contribution in [0.3, 0.4) is 0 Å². The molecule has 1 aliphatic rings. The summed E-state index contributed by atoms with van der Waals surface area (Å²) in [6.07, 6.45) is 2.65. The number of carboxylic acids is 1. The van der Waals surface area contributed by atoms with Crippen molar-refractivity contribution in [2.24, 2.45) is 5.92 Å². The maximum Gasteiger partial charge on any atom is 0.329 e. The van der Waals surface area contributed by atoms with E-state index in [9.17, 15) is 14.7 Å². The van der Waals surface area contributed by atoms with Gasteiger partial charge in [0.05, 0.1) is 12.6 Å². The third-order valence-electron chi connectivity index (χ3n) is 3.84. The van der Waals surface area contributed by atoms with Crippen LogP contribution >= 0.6 is 0 Å². The average Bonchev–Trinajstić information content (AvgIpc) is 2.83. The summed E-state index contributed by atoms with van der Waals surface area (Å²) < 4.78 is 5.34. The maximum atomic E-state index is 12.0. The number of hydrogen-bond donors (Lipinski definition) is 3. The predicted octanol–water partition coefficient (Wildman–Crippen LogP) is 1.74. The first-order valence-corrected chi connectivity index (χ1v) is 7.31. The fourth-order valence-electron chi connectivity index (χ4n) is 2.44. The van der Waals surface area contributed by atoms with Crippen LogP contribution in [0.15, 0.2) is 0 Å². The van der Waals surface area contributed by atoms with Crippen LogP contribution < -0.4 is 10.6 Å². The second-order valence-electron chi connectivity index (χ2n) is 5.70. The second kappa shape index (κ2) is 7.47. The first kappa shape index (κ1) is 16.8. The van der Waals surface area contributed by atoms with Crippen molar-refractivity contribution in [1.82, 2.24) is 10.6 Å². The number of rotatable bonds is 7. The van der Waals surface area contributed by atoms with Gasteiger partial charge in [-0.05, 0) is 25.7 Å². The zero-order valence-electron chi connectivity index (χ0n) is 12.6. The van der Waals surface area contributed by atoms with Crippen LogP contribution in [0.4, 0.5) is 4.79 Å². The molecule has 6 nitrogen and oxygen atoms in total. The summed E-state index contributed by atoms with van der Waals surface area (Å²) in [5, 5.41) is 14.8. The monoisotopic (exact) mass is 286 g/mol. The first-order valence-electron chi connectivity index (χ1n) is 7.31. The number of hydrogen-bond acceptors (Lipinski definition) is 3. The van der Waals surface area contributed by atoms with Crippen LogP contribution in [0, 0.1) is 5.92 Å². The second-order valence-corrected chi connectivity index (χ2v) is 5.70. The van der Waals surface area contributed by atoms with E-state index in [1.54, 1.807) is 0 Å². The van der Waals surface area contributed by atoms with Gasteiger partial charge < -0.3 is 20.5 Å². The lowest BCUT2D eigenvalue weighted by atomic mass is 9.98. The standard InChI is InChI=1S/C14H26N2O4/c1-4-20-9-11(10(2)3)15-13(19)16-14(12(17)18)7-5-6-8-14/h10-11H,4-9H2,1-3H3,(H,17,18)(H2,15,16,19). The number of nitrogens with one attached hydrogen (secondary N) is 2. The van der Waals surface area contributed by atoms with E-state index in [2.05, 4.69) is 10.6 Å². The Balaban J connectivity index is 2.58. The molecule has 1 unspecified atom stereocenters. The first-order chi connectivity index (χ1) is 9.41. The van der Waals surface area contributed by atoms with E-state index in [1.165, 1.54) is 0 Å². The Kier molecular flexibility index (Phi) is 6.26. The van der Waals surface area contributed by atoms with Gasteiger partial charge in [-0.3, -0.25) is 0 Å². The van der Waals surface area contributed by atoms with Gasteiger partial charge in [0.15, 0.2) is 0 Å². The van der Waals surface area contributed by atoms with Crippen molar-refractivity contribution in [2.45, 2.75) is 58.0 Å². The van der Waals surface area contributed by atoms with Crippen LogP contribution in [0.25, 0.3) is 0 Å². The van der Waals surface area contributed by atoms with Crippen molar-refractivity contribution < 1.29 is 19.4 Å². The Morgan fingerprint density at radius 2 is 1.90 bits per heavy atom. The number of carbonyl (C=O) groups is 2. The molecule has 20 heavy (non-hydrogen) atoms. The Morgan fingerprint density at radius 3 is 2.35 bits per heavy atom. The van der Waals surface area contributed by atoms with E-state index in [1.807, 2.05) is 20.8 Å². The third-order valence-corrected chi connectivity index (χ3v) is 3.84. The molecule has 0 aromatic heterocycles. The minimum atomic E-state index is -1.10. The van der Waals surface area contributed by atoms with E-state index in [0.29, 0.717) is 26.1 Å². The van der Waals surface area contributed by atoms with Crippen LogP contribution in [0.5, 0.6) is 0 Å². The van der Waals surface area contributed by atoms with Gasteiger partial charge in [0.1, 0.15) is 5.54 Å². The van der Waals surface area contributed by atoms with Gasteiger partial charge in [-0.15, -0.1) is 0 Å². The highest BCUT2D eigenvalue weighted by atomic mass is 16.5. The quantitative estimate of drug-likeness (QED) is 0.665. The lowest BCUT2D eigenvalue weighted by molar-refractivity contribution is -0.144. The lowest BCUT2D eigenvalue weighted by Gasteiger charge is -2.28. The van der Waals surface area contributed by atoms with Gasteiger partial charge in [-0.2, -0.15) is 0 Å². The summed E-state index contributed by atoms with van der Waals surface area (Å²) in [5.74, 6) is -0.729. The van der Waals surface area contributed by atoms with Gasteiger partial charge in [-0.25, -0.2) is 9.59 Å². The summed E-state index contributed by atoms with van der Waals surface area (Å²) in [6.45, 7) is 6.90. The van der Waals surface area contributed by atoms with E-state index >= 15 is 0 Å². The fraction of sp³-hybridized carbons (Fsp3) is 0.857. The molecule has 6 heteroatoms. The average molecular weight is 286 g/mol. The molecule has 1 aliphatic carbocycles. The largest absolute Gasteiger partial charge is 0.480 e. The van der Waals surface area contributed by atoms with Gasteiger partial charge in [0.2, 0.25) is 0 Å². The maximum absolute atomic E-state index is 12.0. The molecule has 0 spiro atoms. The van der Waals surface area contributed by atoms with Crippen LogP contribution in [-0.2, 0) is 9.53 Å². The van der Waals surface area contributed by atoms with Gasteiger partial charge in [-0.1, -0.05) is 26.7 Å². The zero-order valence-corrected chi connectivity index (χ0v) is 12.6. The van der Waals surface area contributed by atoms with Crippen molar-refractivity contribution in [3.63, 3.8) is 0 Å². The highest BCUT2D eigenvalue weighted by Gasteiger charge is 2.42. The number of amides is 2. The Hall–Kier alpha value is -1.30. The van der Waals surface area contributed by atoms with Gasteiger partial charge in [0.25, 0.3) is 0 Å². The highest BCUT2D eigenvalue weighted by Crippen LogP contribution is 2.29. The minimum absolute atomic E-state index is 0.123. The van der Waals surface area contributed by atoms with E-state index < -0.39 is 17.5 Å². The molecule has 0 aliphatic heterocycles. The predicted molar refractivity (Wildman–Crippen MR) is 75.6 cm³/mol. The Labute approximate surface area is 120 Å². The molecular weight excluding hydrogens is 260 g/mol. The van der Waals surface area contributed by atoms with Crippen molar-refractivity contribution in [1.29, 1.82) is 0 Å². The molecule has 0 heterocycles. The summed E-state index contributed by atoms with van der Waals surface area (Å²) in [6, 6.07) is -0.546. The molecular formula is C14H26N2O4. The summed E-state index contributed by atoms with van der Waals surface area (Å²) >= 11 is 0. The van der Waals surface area contributed by atoms with Gasteiger partial charge >= 0.3 is 12.0 Å². The molecule has 1 atom stereocenters. The summed E-state index contributed by atoms with van der Waals surface area (Å²) in [7, 11) is 0. The topological polar surface area (TPSA) is 87.7 Å². The van der Waals surface area contributed by atoms with E-state index in [-0.39, 0.29) is 12.0 Å². The molecule has 0 aromatic rings. The molecule has 1 saturated carbocycles. The molecule has 116 valence electrons. The Bertz CT molecular complexity index is 338. The number of carbonyl (C=O) groups excluding carboxylic acids is 1. The number of carboxylic acid groups (broad SMARTS) is 1. The lowest BCUT2D eigenvalue weighted by Crippen LogP contribution is -2.58. The van der Waals surface area contributed by atoms with Crippen LogP contribution in [0.1, 0.15) is 46.5 Å². The molecule has 0 radical (unpaired) electrons. The SMILES string of the molecule is CCOCC(NC(=O)NC1(C(=O)O)CCCC1)C(C)C. The summed E-state index contributed by atoms with van der Waals surface area (Å²) in [4.78, 5) is 23.4. The number of aliphatic carboxylic acids is 1. The molecule has 3 N–H and O–H groups in total. The molecule has 0 saturated heterocycles. The molecule has 0 aromatic carbocycles. The number of ether oxygens (including phenoxy) is 1. The number of urea groups is 1. The molecule has 1 rings (SSSR count). The van der Waals surface area contributed by atoms with Crippen molar-refractivity contribution in [3.8, 4) is 0 Å². The van der Waals surface area contributed by atoms with Crippen LogP contribution in [-0.4, -0.2) is 41.9 Å². The van der Waals surface area contributed by atoms with Crippen molar-refractivity contribution in [2.75, 3.05) is 13.2 Å². The smallest absolute Gasteiger partial charge is 0.329 e.